The van der Waals surface area contributed by atoms with E-state index in [2.05, 4.69) is 44.8 Å². The van der Waals surface area contributed by atoms with Crippen LogP contribution in [0.4, 0.5) is 0 Å². The van der Waals surface area contributed by atoms with Gasteiger partial charge >= 0.3 is 0 Å². The zero-order valence-electron chi connectivity index (χ0n) is 9.14. The Balaban J connectivity index is 3.50. The van der Waals surface area contributed by atoms with Crippen molar-refractivity contribution in [1.82, 2.24) is 5.32 Å². The summed E-state index contributed by atoms with van der Waals surface area (Å²) in [5.74, 6) is 1.74. The minimum Gasteiger partial charge on any atom is -0.312 e. The van der Waals surface area contributed by atoms with E-state index in [1.54, 1.807) is 0 Å². The van der Waals surface area contributed by atoms with Gasteiger partial charge in [-0.2, -0.15) is 12.6 Å². The van der Waals surface area contributed by atoms with Crippen LogP contribution < -0.4 is 5.32 Å². The Morgan fingerprint density at radius 3 is 2.77 bits per heavy atom. The van der Waals surface area contributed by atoms with Crippen LogP contribution in [-0.2, 0) is 0 Å². The van der Waals surface area contributed by atoms with E-state index >= 15 is 0 Å². The Morgan fingerprint density at radius 2 is 2.23 bits per heavy atom. The lowest BCUT2D eigenvalue weighted by molar-refractivity contribution is 0.556. The second-order valence-electron chi connectivity index (χ2n) is 3.70. The van der Waals surface area contributed by atoms with Crippen LogP contribution in [0.5, 0.6) is 0 Å². The molecule has 1 N–H and O–H groups in total. The van der Waals surface area contributed by atoms with Crippen molar-refractivity contribution >= 4 is 12.6 Å². The summed E-state index contributed by atoms with van der Waals surface area (Å²) < 4.78 is 0. The minimum absolute atomic E-state index is 0.820. The largest absolute Gasteiger partial charge is 0.312 e. The SMILES string of the molecule is CCC(C)C/C(C)=C\CNCCS. The van der Waals surface area contributed by atoms with E-state index in [0.29, 0.717) is 0 Å². The Labute approximate surface area is 88.4 Å². The van der Waals surface area contributed by atoms with Gasteiger partial charge in [0.15, 0.2) is 0 Å². The lowest BCUT2D eigenvalue weighted by Crippen LogP contribution is -2.16. The topological polar surface area (TPSA) is 12.0 Å². The predicted octanol–water partition coefficient (Wildman–Crippen LogP) is 2.89. The highest BCUT2D eigenvalue weighted by Crippen LogP contribution is 2.12. The van der Waals surface area contributed by atoms with Crippen LogP contribution in [-0.4, -0.2) is 18.8 Å². The zero-order chi connectivity index (χ0) is 10.1. The first-order valence-electron chi connectivity index (χ1n) is 5.17. The first kappa shape index (κ1) is 13.1. The molecule has 0 spiro atoms. The molecule has 0 rings (SSSR count). The van der Waals surface area contributed by atoms with E-state index in [1.165, 1.54) is 18.4 Å². The monoisotopic (exact) mass is 201 g/mol. The van der Waals surface area contributed by atoms with Crippen molar-refractivity contribution in [3.8, 4) is 0 Å². The molecule has 78 valence electrons. The summed E-state index contributed by atoms with van der Waals surface area (Å²) in [5, 5.41) is 3.30. The standard InChI is InChI=1S/C11H23NS/c1-4-10(2)9-11(3)5-6-12-7-8-13/h5,10,12-13H,4,6-9H2,1-3H3/b11-5-. The van der Waals surface area contributed by atoms with Gasteiger partial charge in [-0.25, -0.2) is 0 Å². The molecule has 2 heteroatoms. The van der Waals surface area contributed by atoms with Crippen LogP contribution in [0.3, 0.4) is 0 Å². The third-order valence-corrected chi connectivity index (χ3v) is 2.47. The molecule has 0 heterocycles. The van der Waals surface area contributed by atoms with Crippen LogP contribution in [0, 0.1) is 5.92 Å². The summed E-state index contributed by atoms with van der Waals surface area (Å²) in [6.07, 6.45) is 4.80. The molecular formula is C11H23NS. The van der Waals surface area contributed by atoms with Gasteiger partial charge in [-0.15, -0.1) is 0 Å². The van der Waals surface area contributed by atoms with E-state index in [0.717, 1.165) is 24.8 Å². The number of thiol groups is 1. The molecule has 0 saturated heterocycles. The Morgan fingerprint density at radius 1 is 1.54 bits per heavy atom. The van der Waals surface area contributed by atoms with Crippen molar-refractivity contribution in [1.29, 1.82) is 0 Å². The normalized spacial score (nSPS) is 14.6. The molecule has 0 radical (unpaired) electrons. The average molecular weight is 201 g/mol. The summed E-state index contributed by atoms with van der Waals surface area (Å²) in [6, 6.07) is 0. The summed E-state index contributed by atoms with van der Waals surface area (Å²) in [5.41, 5.74) is 1.50. The molecule has 0 aliphatic carbocycles. The van der Waals surface area contributed by atoms with Gasteiger partial charge in [0.05, 0.1) is 0 Å². The number of hydrogen-bond acceptors (Lipinski definition) is 2. The molecule has 0 bridgehead atoms. The van der Waals surface area contributed by atoms with Crippen molar-refractivity contribution in [2.45, 2.75) is 33.6 Å². The lowest BCUT2D eigenvalue weighted by Gasteiger charge is -2.08. The smallest absolute Gasteiger partial charge is 0.0137 e. The number of rotatable bonds is 7. The summed E-state index contributed by atoms with van der Waals surface area (Å²) in [6.45, 7) is 8.75. The molecule has 0 aromatic heterocycles. The van der Waals surface area contributed by atoms with Gasteiger partial charge in [0, 0.05) is 18.8 Å². The zero-order valence-corrected chi connectivity index (χ0v) is 10.0. The van der Waals surface area contributed by atoms with Crippen molar-refractivity contribution in [2.24, 2.45) is 5.92 Å². The summed E-state index contributed by atoms with van der Waals surface area (Å²) in [4.78, 5) is 0. The van der Waals surface area contributed by atoms with Gasteiger partial charge in [0.25, 0.3) is 0 Å². The van der Waals surface area contributed by atoms with Crippen LogP contribution >= 0.6 is 12.6 Å². The molecule has 0 aliphatic rings. The molecule has 0 amide bonds. The summed E-state index contributed by atoms with van der Waals surface area (Å²) >= 11 is 4.13. The molecule has 0 aromatic carbocycles. The second kappa shape index (κ2) is 8.64. The molecule has 1 unspecified atom stereocenters. The molecule has 13 heavy (non-hydrogen) atoms. The number of allylic oxidation sites excluding steroid dienone is 1. The minimum atomic E-state index is 0.820. The van der Waals surface area contributed by atoms with Gasteiger partial charge in [-0.3, -0.25) is 0 Å². The number of hydrogen-bond donors (Lipinski definition) is 2. The third kappa shape index (κ3) is 8.38. The predicted molar refractivity (Wildman–Crippen MR) is 64.6 cm³/mol. The summed E-state index contributed by atoms with van der Waals surface area (Å²) in [7, 11) is 0. The van der Waals surface area contributed by atoms with Crippen molar-refractivity contribution < 1.29 is 0 Å². The molecule has 1 nitrogen and oxygen atoms in total. The fraction of sp³-hybridized carbons (Fsp3) is 0.818. The first-order valence-corrected chi connectivity index (χ1v) is 5.81. The van der Waals surface area contributed by atoms with Gasteiger partial charge in [0.1, 0.15) is 0 Å². The maximum absolute atomic E-state index is 4.13. The van der Waals surface area contributed by atoms with Gasteiger partial charge < -0.3 is 5.32 Å². The fourth-order valence-corrected chi connectivity index (χ4v) is 1.36. The highest BCUT2D eigenvalue weighted by atomic mass is 32.1. The quantitative estimate of drug-likeness (QED) is 0.367. The van der Waals surface area contributed by atoms with Crippen LogP contribution in [0.2, 0.25) is 0 Å². The highest BCUT2D eigenvalue weighted by molar-refractivity contribution is 7.80. The third-order valence-electron chi connectivity index (χ3n) is 2.25. The fourth-order valence-electron chi connectivity index (χ4n) is 1.20. The highest BCUT2D eigenvalue weighted by Gasteiger charge is 1.98. The van der Waals surface area contributed by atoms with E-state index in [9.17, 15) is 0 Å². The molecule has 0 aliphatic heterocycles. The van der Waals surface area contributed by atoms with Crippen molar-refractivity contribution in [3.63, 3.8) is 0 Å². The molecule has 0 saturated carbocycles. The van der Waals surface area contributed by atoms with E-state index in [1.807, 2.05) is 0 Å². The maximum atomic E-state index is 4.13. The molecule has 1 atom stereocenters. The van der Waals surface area contributed by atoms with Crippen LogP contribution in [0.25, 0.3) is 0 Å². The van der Waals surface area contributed by atoms with E-state index < -0.39 is 0 Å². The van der Waals surface area contributed by atoms with Gasteiger partial charge in [-0.1, -0.05) is 31.9 Å². The maximum Gasteiger partial charge on any atom is 0.0137 e. The second-order valence-corrected chi connectivity index (χ2v) is 4.14. The van der Waals surface area contributed by atoms with Crippen LogP contribution in [0.1, 0.15) is 33.6 Å². The van der Waals surface area contributed by atoms with Gasteiger partial charge in [-0.05, 0) is 19.3 Å². The molecule has 0 aromatic rings. The molecule has 0 fully saturated rings. The Bertz CT molecular complexity index is 143. The average Bonchev–Trinajstić information content (AvgIpc) is 2.12. The van der Waals surface area contributed by atoms with Crippen molar-refractivity contribution in [2.75, 3.05) is 18.8 Å². The van der Waals surface area contributed by atoms with E-state index in [-0.39, 0.29) is 0 Å². The van der Waals surface area contributed by atoms with E-state index in [4.69, 9.17) is 0 Å². The number of nitrogens with one attached hydrogen (secondary N) is 1. The van der Waals surface area contributed by atoms with Crippen molar-refractivity contribution in [3.05, 3.63) is 11.6 Å². The van der Waals surface area contributed by atoms with Gasteiger partial charge in [0.2, 0.25) is 0 Å². The van der Waals surface area contributed by atoms with Crippen LogP contribution in [0.15, 0.2) is 11.6 Å². The first-order chi connectivity index (χ1) is 6.20. The molecular weight excluding hydrogens is 178 g/mol. The lowest BCUT2D eigenvalue weighted by atomic mass is 10.00. The Hall–Kier alpha value is 0.0500. The Kier molecular flexibility index (Phi) is 8.67.